The van der Waals surface area contributed by atoms with Gasteiger partial charge in [-0.1, -0.05) is 32.6 Å². The van der Waals surface area contributed by atoms with E-state index in [1.165, 1.54) is 25.7 Å². The number of aromatic nitrogens is 1. The Labute approximate surface area is 107 Å². The van der Waals surface area contributed by atoms with Crippen LogP contribution < -0.4 is 0 Å². The molecular weight excluding hydrogens is 266 g/mol. The van der Waals surface area contributed by atoms with Gasteiger partial charge in [-0.2, -0.15) is 0 Å². The zero-order valence-corrected chi connectivity index (χ0v) is 11.5. The van der Waals surface area contributed by atoms with Crippen LogP contribution in [0.25, 0.3) is 0 Å². The smallest absolute Gasteiger partial charge is 0.0887 e. The van der Waals surface area contributed by atoms with Gasteiger partial charge in [0.1, 0.15) is 0 Å². The van der Waals surface area contributed by atoms with Crippen molar-refractivity contribution in [3.63, 3.8) is 0 Å². The highest BCUT2D eigenvalue weighted by Crippen LogP contribution is 2.08. The fraction of sp³-hybridized carbons (Fsp3) is 0.615. The van der Waals surface area contributed by atoms with Crippen LogP contribution in [-0.4, -0.2) is 11.6 Å². The van der Waals surface area contributed by atoms with E-state index < -0.39 is 0 Å². The van der Waals surface area contributed by atoms with E-state index >= 15 is 0 Å². The van der Waals surface area contributed by atoms with Crippen LogP contribution >= 0.6 is 15.9 Å². The van der Waals surface area contributed by atoms with Crippen molar-refractivity contribution in [2.45, 2.75) is 45.6 Å². The molecular formula is C13H20BrNO. The lowest BCUT2D eigenvalue weighted by molar-refractivity contribution is 0.114. The second-order valence-electron chi connectivity index (χ2n) is 3.93. The molecule has 0 N–H and O–H groups in total. The molecule has 0 amide bonds. The highest BCUT2D eigenvalue weighted by molar-refractivity contribution is 9.10. The molecule has 0 aliphatic carbocycles. The minimum atomic E-state index is 0.626. The summed E-state index contributed by atoms with van der Waals surface area (Å²) >= 11 is 3.36. The van der Waals surface area contributed by atoms with Gasteiger partial charge >= 0.3 is 0 Å². The van der Waals surface area contributed by atoms with Crippen molar-refractivity contribution in [1.29, 1.82) is 0 Å². The summed E-state index contributed by atoms with van der Waals surface area (Å²) in [5.41, 5.74) is 0.997. The van der Waals surface area contributed by atoms with Crippen molar-refractivity contribution in [3.05, 3.63) is 28.5 Å². The molecule has 1 rings (SSSR count). The van der Waals surface area contributed by atoms with Gasteiger partial charge in [0.25, 0.3) is 0 Å². The van der Waals surface area contributed by atoms with E-state index in [9.17, 15) is 0 Å². The zero-order chi connectivity index (χ0) is 11.6. The fourth-order valence-electron chi connectivity index (χ4n) is 1.48. The van der Waals surface area contributed by atoms with Crippen molar-refractivity contribution < 1.29 is 4.74 Å². The lowest BCUT2D eigenvalue weighted by atomic mass is 10.2. The van der Waals surface area contributed by atoms with Gasteiger partial charge < -0.3 is 4.74 Å². The number of unbranched alkanes of at least 4 members (excludes halogenated alkanes) is 4. The van der Waals surface area contributed by atoms with Gasteiger partial charge in [-0.25, -0.2) is 0 Å². The molecule has 1 aromatic rings. The molecule has 0 aliphatic heterocycles. The minimum absolute atomic E-state index is 0.626. The maximum absolute atomic E-state index is 5.56. The van der Waals surface area contributed by atoms with E-state index in [4.69, 9.17) is 4.74 Å². The van der Waals surface area contributed by atoms with Crippen LogP contribution in [0.5, 0.6) is 0 Å². The number of ether oxygens (including phenoxy) is 1. The first-order chi connectivity index (χ1) is 7.83. The Morgan fingerprint density at radius 2 is 2.00 bits per heavy atom. The van der Waals surface area contributed by atoms with E-state index in [0.29, 0.717) is 6.61 Å². The summed E-state index contributed by atoms with van der Waals surface area (Å²) in [6.07, 6.45) is 8.21. The molecule has 16 heavy (non-hydrogen) atoms. The highest BCUT2D eigenvalue weighted by atomic mass is 79.9. The summed E-state index contributed by atoms with van der Waals surface area (Å²) in [4.78, 5) is 4.25. The van der Waals surface area contributed by atoms with Crippen molar-refractivity contribution in [2.24, 2.45) is 0 Å². The molecule has 3 heteroatoms. The Kier molecular flexibility index (Phi) is 7.43. The minimum Gasteiger partial charge on any atom is -0.375 e. The van der Waals surface area contributed by atoms with Crippen LogP contribution in [0.4, 0.5) is 0 Å². The van der Waals surface area contributed by atoms with Gasteiger partial charge in [0, 0.05) is 17.3 Å². The topological polar surface area (TPSA) is 22.1 Å². The normalized spacial score (nSPS) is 10.6. The first-order valence-electron chi connectivity index (χ1n) is 6.01. The van der Waals surface area contributed by atoms with Crippen LogP contribution in [0.3, 0.4) is 0 Å². The van der Waals surface area contributed by atoms with Gasteiger partial charge in [-0.3, -0.25) is 4.98 Å². The SMILES string of the molecule is CCCCCCCOCc1ccc(Br)cn1. The van der Waals surface area contributed by atoms with Crippen LogP contribution in [0.1, 0.15) is 44.7 Å². The average molecular weight is 286 g/mol. The number of pyridine rings is 1. The highest BCUT2D eigenvalue weighted by Gasteiger charge is 1.95. The molecule has 0 saturated heterocycles. The molecule has 2 nitrogen and oxygen atoms in total. The molecule has 90 valence electrons. The molecule has 0 spiro atoms. The van der Waals surface area contributed by atoms with Gasteiger partial charge in [0.15, 0.2) is 0 Å². The quantitative estimate of drug-likeness (QED) is 0.663. The molecule has 0 aliphatic rings. The standard InChI is InChI=1S/C13H20BrNO/c1-2-3-4-5-6-9-16-11-13-8-7-12(14)10-15-13/h7-8,10H,2-6,9,11H2,1H3. The lowest BCUT2D eigenvalue weighted by Crippen LogP contribution is -1.97. The summed E-state index contributed by atoms with van der Waals surface area (Å²) in [7, 11) is 0. The summed E-state index contributed by atoms with van der Waals surface area (Å²) in [5, 5.41) is 0. The Morgan fingerprint density at radius 1 is 1.19 bits per heavy atom. The number of rotatable bonds is 8. The fourth-order valence-corrected chi connectivity index (χ4v) is 1.71. The number of nitrogens with zero attached hydrogens (tertiary/aromatic N) is 1. The predicted molar refractivity (Wildman–Crippen MR) is 70.4 cm³/mol. The molecule has 1 heterocycles. The van der Waals surface area contributed by atoms with Crippen LogP contribution in [-0.2, 0) is 11.3 Å². The Balaban J connectivity index is 2.01. The Hall–Kier alpha value is -0.410. The summed E-state index contributed by atoms with van der Waals surface area (Å²) in [6, 6.07) is 3.98. The van der Waals surface area contributed by atoms with Crippen LogP contribution in [0, 0.1) is 0 Å². The predicted octanol–water partition coefficient (Wildman–Crippen LogP) is 4.33. The van der Waals surface area contributed by atoms with Crippen molar-refractivity contribution >= 4 is 15.9 Å². The van der Waals surface area contributed by atoms with Crippen molar-refractivity contribution in [1.82, 2.24) is 4.98 Å². The van der Waals surface area contributed by atoms with E-state index in [-0.39, 0.29) is 0 Å². The van der Waals surface area contributed by atoms with E-state index in [2.05, 4.69) is 27.8 Å². The Morgan fingerprint density at radius 3 is 2.69 bits per heavy atom. The molecule has 0 aromatic carbocycles. The van der Waals surface area contributed by atoms with Gasteiger partial charge in [0.05, 0.1) is 12.3 Å². The van der Waals surface area contributed by atoms with Crippen molar-refractivity contribution in [2.75, 3.05) is 6.61 Å². The number of hydrogen-bond donors (Lipinski definition) is 0. The van der Waals surface area contributed by atoms with Gasteiger partial charge in [-0.15, -0.1) is 0 Å². The largest absolute Gasteiger partial charge is 0.375 e. The maximum atomic E-state index is 5.56. The van der Waals surface area contributed by atoms with E-state index in [0.717, 1.165) is 23.2 Å². The molecule has 0 atom stereocenters. The van der Waals surface area contributed by atoms with E-state index in [1.807, 2.05) is 12.1 Å². The molecule has 0 fully saturated rings. The maximum Gasteiger partial charge on any atom is 0.0887 e. The monoisotopic (exact) mass is 285 g/mol. The Bertz CT molecular complexity index is 274. The average Bonchev–Trinajstić information content (AvgIpc) is 2.30. The second kappa shape index (κ2) is 8.71. The number of hydrogen-bond acceptors (Lipinski definition) is 2. The number of halogens is 1. The van der Waals surface area contributed by atoms with Gasteiger partial charge in [-0.05, 0) is 34.5 Å². The molecule has 0 unspecified atom stereocenters. The van der Waals surface area contributed by atoms with Crippen molar-refractivity contribution in [3.8, 4) is 0 Å². The summed E-state index contributed by atoms with van der Waals surface area (Å²) in [6.45, 7) is 3.71. The summed E-state index contributed by atoms with van der Waals surface area (Å²) in [5.74, 6) is 0. The molecule has 1 aromatic heterocycles. The van der Waals surface area contributed by atoms with Gasteiger partial charge in [0.2, 0.25) is 0 Å². The first-order valence-corrected chi connectivity index (χ1v) is 6.80. The van der Waals surface area contributed by atoms with E-state index in [1.54, 1.807) is 6.20 Å². The van der Waals surface area contributed by atoms with Crippen LogP contribution in [0.2, 0.25) is 0 Å². The third kappa shape index (κ3) is 6.23. The first kappa shape index (κ1) is 13.7. The molecule has 0 bridgehead atoms. The zero-order valence-electron chi connectivity index (χ0n) is 9.92. The molecule has 0 saturated carbocycles. The summed E-state index contributed by atoms with van der Waals surface area (Å²) < 4.78 is 6.57. The van der Waals surface area contributed by atoms with Crippen LogP contribution in [0.15, 0.2) is 22.8 Å². The third-order valence-corrected chi connectivity index (χ3v) is 2.90. The third-order valence-electron chi connectivity index (χ3n) is 2.43. The second-order valence-corrected chi connectivity index (χ2v) is 4.85. The lowest BCUT2D eigenvalue weighted by Gasteiger charge is -2.03. The molecule has 0 radical (unpaired) electrons.